The molecule has 43 heavy (non-hydrogen) atoms. The molecule has 1 aromatic carbocycles. The molecule has 220 valence electrons. The fourth-order valence-electron chi connectivity index (χ4n) is 5.56. The number of ether oxygens (including phenoxy) is 1. The van der Waals surface area contributed by atoms with Gasteiger partial charge in [-0.05, 0) is 31.5 Å². The van der Waals surface area contributed by atoms with Crippen LogP contribution in [0.4, 0.5) is 13.2 Å². The summed E-state index contributed by atoms with van der Waals surface area (Å²) in [6, 6.07) is 10.1. The van der Waals surface area contributed by atoms with Gasteiger partial charge in [-0.3, -0.25) is 9.36 Å². The third kappa shape index (κ3) is 5.03. The number of alkyl halides is 3. The fraction of sp³-hybridized carbons (Fsp3) is 0.333. The van der Waals surface area contributed by atoms with E-state index in [1.54, 1.807) is 45.7 Å². The van der Waals surface area contributed by atoms with Crippen LogP contribution in [0.2, 0.25) is 0 Å². The van der Waals surface area contributed by atoms with Crippen molar-refractivity contribution in [2.45, 2.75) is 37.5 Å². The van der Waals surface area contributed by atoms with E-state index in [0.29, 0.717) is 47.0 Å². The molecule has 1 aliphatic carbocycles. The van der Waals surface area contributed by atoms with Crippen LogP contribution in [0, 0.1) is 0 Å². The Kier molecular flexibility index (Phi) is 6.49. The van der Waals surface area contributed by atoms with Crippen LogP contribution in [0.5, 0.6) is 5.88 Å². The molecule has 0 atom stereocenters. The SMILES string of the molecule is COc1ncnc(C2CC2)c1-c1ncc2ccc(=O)n(Cc3ccc(-c4nc(C(F)(F)F)cn4C4CN(C)C4)cc3)c2n1. The van der Waals surface area contributed by atoms with Crippen LogP contribution in [-0.4, -0.2) is 66.2 Å². The number of hydrogen-bond donors (Lipinski definition) is 0. The summed E-state index contributed by atoms with van der Waals surface area (Å²) in [5, 5.41) is 0.677. The molecule has 7 rings (SSSR count). The molecule has 1 saturated heterocycles. The second-order valence-corrected chi connectivity index (χ2v) is 11.1. The first-order valence-electron chi connectivity index (χ1n) is 13.9. The van der Waals surface area contributed by atoms with E-state index in [9.17, 15) is 18.0 Å². The van der Waals surface area contributed by atoms with E-state index in [1.807, 2.05) is 11.9 Å². The van der Waals surface area contributed by atoms with Gasteiger partial charge >= 0.3 is 6.18 Å². The molecule has 1 saturated carbocycles. The maximum atomic E-state index is 13.5. The molecule has 0 radical (unpaired) electrons. The van der Waals surface area contributed by atoms with Crippen LogP contribution in [0.1, 0.15) is 41.8 Å². The van der Waals surface area contributed by atoms with Crippen molar-refractivity contribution in [2.24, 2.45) is 0 Å². The van der Waals surface area contributed by atoms with Gasteiger partial charge in [-0.15, -0.1) is 0 Å². The van der Waals surface area contributed by atoms with Gasteiger partial charge in [0.15, 0.2) is 11.5 Å². The lowest BCUT2D eigenvalue weighted by atomic mass is 10.1. The van der Waals surface area contributed by atoms with Crippen LogP contribution >= 0.6 is 0 Å². The van der Waals surface area contributed by atoms with Crippen molar-refractivity contribution in [3.63, 3.8) is 0 Å². The average molecular weight is 589 g/mol. The molecule has 0 spiro atoms. The van der Waals surface area contributed by atoms with Crippen LogP contribution in [0.15, 0.2) is 59.9 Å². The summed E-state index contributed by atoms with van der Waals surface area (Å²) in [6.45, 7) is 1.49. The zero-order chi connectivity index (χ0) is 29.9. The number of halogens is 3. The lowest BCUT2D eigenvalue weighted by molar-refractivity contribution is -0.141. The molecule has 5 heterocycles. The first kappa shape index (κ1) is 27.2. The summed E-state index contributed by atoms with van der Waals surface area (Å²) in [6.07, 6.45) is 1.71. The van der Waals surface area contributed by atoms with Gasteiger partial charge < -0.3 is 14.2 Å². The Hall–Kier alpha value is -4.65. The molecule has 5 aromatic rings. The van der Waals surface area contributed by atoms with E-state index in [0.717, 1.165) is 30.3 Å². The van der Waals surface area contributed by atoms with Crippen LogP contribution < -0.4 is 10.3 Å². The molecule has 2 fully saturated rings. The topological polar surface area (TPSA) is 104 Å². The highest BCUT2D eigenvalue weighted by molar-refractivity contribution is 5.78. The zero-order valence-electron chi connectivity index (χ0n) is 23.4. The fourth-order valence-corrected chi connectivity index (χ4v) is 5.56. The van der Waals surface area contributed by atoms with E-state index in [-0.39, 0.29) is 29.9 Å². The van der Waals surface area contributed by atoms with Crippen molar-refractivity contribution < 1.29 is 17.9 Å². The Morgan fingerprint density at radius 3 is 2.44 bits per heavy atom. The summed E-state index contributed by atoms with van der Waals surface area (Å²) >= 11 is 0. The summed E-state index contributed by atoms with van der Waals surface area (Å²) in [5.74, 6) is 1.30. The number of likely N-dealkylation sites (N-methyl/N-ethyl adjacent to an activating group) is 1. The Morgan fingerprint density at radius 1 is 1.00 bits per heavy atom. The number of imidazole rings is 1. The van der Waals surface area contributed by atoms with E-state index >= 15 is 0 Å². The first-order valence-corrected chi connectivity index (χ1v) is 13.9. The zero-order valence-corrected chi connectivity index (χ0v) is 23.4. The normalized spacial score (nSPS) is 16.0. The van der Waals surface area contributed by atoms with Crippen molar-refractivity contribution in [3.8, 4) is 28.7 Å². The average Bonchev–Trinajstić information content (AvgIpc) is 3.74. The van der Waals surface area contributed by atoms with E-state index in [1.165, 1.54) is 19.5 Å². The maximum absolute atomic E-state index is 13.5. The molecule has 0 bridgehead atoms. The Bertz CT molecular complexity index is 1890. The van der Waals surface area contributed by atoms with Crippen molar-refractivity contribution >= 4 is 11.0 Å². The predicted octanol–water partition coefficient (Wildman–Crippen LogP) is 4.55. The van der Waals surface area contributed by atoms with E-state index in [2.05, 4.69) is 19.9 Å². The van der Waals surface area contributed by atoms with Crippen molar-refractivity contribution in [1.29, 1.82) is 0 Å². The van der Waals surface area contributed by atoms with Gasteiger partial charge in [-0.2, -0.15) is 13.2 Å². The number of aromatic nitrogens is 7. The summed E-state index contributed by atoms with van der Waals surface area (Å²) in [5.41, 5.74) is 2.06. The quantitative estimate of drug-likeness (QED) is 0.273. The maximum Gasteiger partial charge on any atom is 0.434 e. The predicted molar refractivity (Wildman–Crippen MR) is 152 cm³/mol. The summed E-state index contributed by atoms with van der Waals surface area (Å²) in [4.78, 5) is 37.2. The third-order valence-corrected chi connectivity index (χ3v) is 7.96. The summed E-state index contributed by atoms with van der Waals surface area (Å²) in [7, 11) is 3.45. The van der Waals surface area contributed by atoms with Crippen LogP contribution in [0.3, 0.4) is 0 Å². The van der Waals surface area contributed by atoms with Crippen molar-refractivity contribution in [2.75, 3.05) is 27.2 Å². The number of rotatable bonds is 7. The van der Waals surface area contributed by atoms with Gasteiger partial charge in [0, 0.05) is 48.4 Å². The Morgan fingerprint density at radius 2 is 1.77 bits per heavy atom. The number of pyridine rings is 1. The standard InChI is InChI=1S/C30H27F3N8O2/c1-39-13-21(14-39)40-15-22(30(31,32)33)37-27(40)19-5-3-17(4-6-19)12-41-23(42)10-9-20-11-34-26(38-28(20)41)24-25(18-7-8-18)35-16-36-29(24)43-2/h3-6,9-11,15-16,18,21H,7-8,12-14H2,1-2H3. The number of hydrogen-bond acceptors (Lipinski definition) is 8. The molecular formula is C30H27F3N8O2. The molecule has 0 unspecified atom stereocenters. The molecule has 10 nitrogen and oxygen atoms in total. The van der Waals surface area contributed by atoms with Crippen molar-refractivity contribution in [3.05, 3.63) is 82.4 Å². The molecule has 1 aliphatic heterocycles. The van der Waals surface area contributed by atoms with Gasteiger partial charge in [0.1, 0.15) is 23.4 Å². The second-order valence-electron chi connectivity index (χ2n) is 11.1. The number of likely N-dealkylation sites (tertiary alicyclic amines) is 1. The number of fused-ring (bicyclic) bond motifs is 1. The molecule has 0 N–H and O–H groups in total. The molecule has 4 aromatic heterocycles. The molecule has 2 aliphatic rings. The third-order valence-electron chi connectivity index (χ3n) is 7.96. The number of methoxy groups -OCH3 is 1. The molecular weight excluding hydrogens is 561 g/mol. The molecule has 13 heteroatoms. The van der Waals surface area contributed by atoms with Crippen molar-refractivity contribution in [1.82, 2.24) is 39.0 Å². The highest BCUT2D eigenvalue weighted by Crippen LogP contribution is 2.45. The minimum Gasteiger partial charge on any atom is -0.480 e. The monoisotopic (exact) mass is 588 g/mol. The van der Waals surface area contributed by atoms with Gasteiger partial charge in [-0.25, -0.2) is 24.9 Å². The van der Waals surface area contributed by atoms with Gasteiger partial charge in [0.05, 0.1) is 25.4 Å². The highest BCUT2D eigenvalue weighted by Gasteiger charge is 2.37. The minimum atomic E-state index is -4.54. The Balaban J connectivity index is 1.24. The van der Waals surface area contributed by atoms with E-state index in [4.69, 9.17) is 9.72 Å². The second kappa shape index (κ2) is 10.3. The Labute approximate surface area is 243 Å². The van der Waals surface area contributed by atoms with Gasteiger partial charge in [0.25, 0.3) is 5.56 Å². The lowest BCUT2D eigenvalue weighted by Crippen LogP contribution is -2.44. The van der Waals surface area contributed by atoms with Gasteiger partial charge in [0.2, 0.25) is 5.88 Å². The first-order chi connectivity index (χ1) is 20.7. The van der Waals surface area contributed by atoms with Gasteiger partial charge in [-0.1, -0.05) is 24.3 Å². The highest BCUT2D eigenvalue weighted by atomic mass is 19.4. The minimum absolute atomic E-state index is 0.0829. The smallest absolute Gasteiger partial charge is 0.434 e. The lowest BCUT2D eigenvalue weighted by Gasteiger charge is -2.37. The van der Waals surface area contributed by atoms with Crippen LogP contribution in [-0.2, 0) is 12.7 Å². The molecule has 0 amide bonds. The number of benzene rings is 1. The number of nitrogens with zero attached hydrogens (tertiary/aromatic N) is 8. The largest absolute Gasteiger partial charge is 0.480 e. The summed E-state index contributed by atoms with van der Waals surface area (Å²) < 4.78 is 49.3. The van der Waals surface area contributed by atoms with E-state index < -0.39 is 11.9 Å². The van der Waals surface area contributed by atoms with Crippen LogP contribution in [0.25, 0.3) is 33.8 Å².